The summed E-state index contributed by atoms with van der Waals surface area (Å²) in [7, 11) is 0. The summed E-state index contributed by atoms with van der Waals surface area (Å²) in [5.74, 6) is -0.293. The van der Waals surface area contributed by atoms with Gasteiger partial charge in [-0.05, 0) is 37.1 Å². The smallest absolute Gasteiger partial charge is 0.326 e. The van der Waals surface area contributed by atoms with Gasteiger partial charge in [-0.1, -0.05) is 59.4 Å². The quantitative estimate of drug-likeness (QED) is 0.374. The van der Waals surface area contributed by atoms with E-state index in [1.807, 2.05) is 12.2 Å². The van der Waals surface area contributed by atoms with Crippen molar-refractivity contribution in [2.45, 2.75) is 42.8 Å². The third-order valence-corrected chi connectivity index (χ3v) is 6.45. The Kier molecular flexibility index (Phi) is 8.58. The lowest BCUT2D eigenvalue weighted by Crippen LogP contribution is -2.46. The summed E-state index contributed by atoms with van der Waals surface area (Å²) in [6.45, 7) is 6.71. The van der Waals surface area contributed by atoms with E-state index in [0.29, 0.717) is 3.92 Å². The van der Waals surface area contributed by atoms with Gasteiger partial charge in [0.05, 0.1) is 5.56 Å². The number of allylic oxidation sites excluding steroid dienone is 3. The number of amides is 1. The summed E-state index contributed by atoms with van der Waals surface area (Å²) < 4.78 is 41.6. The van der Waals surface area contributed by atoms with Gasteiger partial charge in [-0.25, -0.2) is 0 Å². The van der Waals surface area contributed by atoms with Crippen molar-refractivity contribution >= 4 is 34.2 Å². The summed E-state index contributed by atoms with van der Waals surface area (Å²) in [5.41, 5.74) is 0.747. The maximum absolute atomic E-state index is 13.7. The molecule has 31 heavy (non-hydrogen) atoms. The monoisotopic (exact) mass is 547 g/mol. The Bertz CT molecular complexity index is 830. The molecule has 0 radical (unpaired) electrons. The van der Waals surface area contributed by atoms with E-state index >= 15 is 0 Å². The summed E-state index contributed by atoms with van der Waals surface area (Å²) in [6.07, 6.45) is 3.46. The number of piperazine rings is 1. The number of hydrogen-bond acceptors (Lipinski definition) is 3. The Morgan fingerprint density at radius 2 is 1.90 bits per heavy atom. The number of halogens is 4. The average molecular weight is 547 g/mol. The molecule has 0 bridgehead atoms. The van der Waals surface area contributed by atoms with Gasteiger partial charge in [-0.15, -0.1) is 0 Å². The van der Waals surface area contributed by atoms with Crippen molar-refractivity contribution in [2.75, 3.05) is 38.0 Å². The first-order chi connectivity index (χ1) is 14.7. The summed E-state index contributed by atoms with van der Waals surface area (Å²) >= 11 is 2.30. The Balaban J connectivity index is 1.65. The van der Waals surface area contributed by atoms with E-state index < -0.39 is 11.7 Å². The van der Waals surface area contributed by atoms with Crippen LogP contribution in [0.5, 0.6) is 0 Å². The van der Waals surface area contributed by atoms with Crippen LogP contribution in [0.3, 0.4) is 0 Å². The lowest BCUT2D eigenvalue weighted by molar-refractivity contribution is -0.138. The third kappa shape index (κ3) is 7.32. The van der Waals surface area contributed by atoms with Gasteiger partial charge in [0.2, 0.25) is 5.91 Å². The van der Waals surface area contributed by atoms with Gasteiger partial charge < -0.3 is 10.2 Å². The minimum absolute atomic E-state index is 0.187. The van der Waals surface area contributed by atoms with Crippen LogP contribution in [-0.4, -0.2) is 52.4 Å². The van der Waals surface area contributed by atoms with Crippen LogP contribution in [0.1, 0.15) is 37.3 Å². The molecule has 1 aliphatic carbocycles. The van der Waals surface area contributed by atoms with E-state index in [1.165, 1.54) is 6.07 Å². The van der Waals surface area contributed by atoms with Crippen molar-refractivity contribution in [3.05, 3.63) is 53.1 Å². The highest BCUT2D eigenvalue weighted by molar-refractivity contribution is 14.1. The van der Waals surface area contributed by atoms with Crippen LogP contribution < -0.4 is 5.32 Å². The molecule has 1 atom stereocenters. The standard InChI is InChI=1S/C23H29F3IN3O/c1-2-8-29-9-11-30(12-10-29)16-18-6-7-20(15-21(18)23(24,25)26)28-22(31)14-17-4-3-5-19(27)13-17/h3-7,15,19H,2,8-14,16H2,1H3,(H,28,31). The molecule has 1 unspecified atom stereocenters. The van der Waals surface area contributed by atoms with E-state index in [1.54, 1.807) is 6.07 Å². The maximum Gasteiger partial charge on any atom is 0.416 e. The number of anilines is 1. The molecule has 170 valence electrons. The van der Waals surface area contributed by atoms with Crippen LogP contribution >= 0.6 is 22.6 Å². The highest BCUT2D eigenvalue weighted by atomic mass is 127. The molecule has 1 saturated heterocycles. The molecule has 1 aromatic rings. The van der Waals surface area contributed by atoms with Crippen LogP contribution in [0.4, 0.5) is 18.9 Å². The molecule has 0 aromatic heterocycles. The lowest BCUT2D eigenvalue weighted by atomic mass is 10.0. The van der Waals surface area contributed by atoms with Gasteiger partial charge in [0, 0.05) is 48.8 Å². The zero-order chi connectivity index (χ0) is 22.4. The number of carbonyl (C=O) groups excluding carboxylic acids is 1. The number of carbonyl (C=O) groups is 1. The van der Waals surface area contributed by atoms with E-state index in [4.69, 9.17) is 0 Å². The van der Waals surface area contributed by atoms with Crippen molar-refractivity contribution in [2.24, 2.45) is 0 Å². The van der Waals surface area contributed by atoms with Gasteiger partial charge in [-0.3, -0.25) is 9.69 Å². The van der Waals surface area contributed by atoms with E-state index in [-0.39, 0.29) is 30.1 Å². The zero-order valence-corrected chi connectivity index (χ0v) is 19.9. The van der Waals surface area contributed by atoms with Crippen molar-refractivity contribution in [1.29, 1.82) is 0 Å². The fourth-order valence-electron chi connectivity index (χ4n) is 4.03. The number of nitrogens with one attached hydrogen (secondary N) is 1. The van der Waals surface area contributed by atoms with Gasteiger partial charge in [0.15, 0.2) is 0 Å². The third-order valence-electron chi connectivity index (χ3n) is 5.59. The predicted molar refractivity (Wildman–Crippen MR) is 126 cm³/mol. The van der Waals surface area contributed by atoms with Crippen molar-refractivity contribution < 1.29 is 18.0 Å². The first-order valence-corrected chi connectivity index (χ1v) is 11.9. The predicted octanol–water partition coefficient (Wildman–Crippen LogP) is 5.25. The molecule has 1 N–H and O–H groups in total. The fourth-order valence-corrected chi connectivity index (χ4v) is 4.83. The number of benzene rings is 1. The van der Waals surface area contributed by atoms with Crippen LogP contribution in [0.15, 0.2) is 42.0 Å². The Hall–Kier alpha value is -1.39. The topological polar surface area (TPSA) is 35.6 Å². The molecule has 0 saturated carbocycles. The Labute approximate surface area is 195 Å². The molecule has 4 nitrogen and oxygen atoms in total. The molecule has 1 aromatic carbocycles. The minimum Gasteiger partial charge on any atom is -0.326 e. The van der Waals surface area contributed by atoms with Crippen LogP contribution in [-0.2, 0) is 17.5 Å². The molecule has 2 aliphatic rings. The van der Waals surface area contributed by atoms with E-state index in [9.17, 15) is 18.0 Å². The van der Waals surface area contributed by atoms with E-state index in [2.05, 4.69) is 50.7 Å². The van der Waals surface area contributed by atoms with Gasteiger partial charge in [0.1, 0.15) is 0 Å². The molecular weight excluding hydrogens is 518 g/mol. The molecule has 3 rings (SSSR count). The molecule has 8 heteroatoms. The first kappa shape index (κ1) is 24.3. The molecule has 0 spiro atoms. The molecule has 1 fully saturated rings. The first-order valence-electron chi connectivity index (χ1n) is 10.7. The second-order valence-corrected chi connectivity index (χ2v) is 9.74. The normalized spacial score (nSPS) is 20.5. The zero-order valence-electron chi connectivity index (χ0n) is 17.7. The van der Waals surface area contributed by atoms with Crippen LogP contribution in [0.2, 0.25) is 0 Å². The highest BCUT2D eigenvalue weighted by Gasteiger charge is 2.34. The molecule has 1 aliphatic heterocycles. The van der Waals surface area contributed by atoms with Crippen LogP contribution in [0.25, 0.3) is 0 Å². The molecule has 1 amide bonds. The Morgan fingerprint density at radius 1 is 1.19 bits per heavy atom. The van der Waals surface area contributed by atoms with Crippen molar-refractivity contribution in [3.8, 4) is 0 Å². The van der Waals surface area contributed by atoms with E-state index in [0.717, 1.165) is 57.2 Å². The lowest BCUT2D eigenvalue weighted by Gasteiger charge is -2.35. The maximum atomic E-state index is 13.7. The van der Waals surface area contributed by atoms with Crippen molar-refractivity contribution in [3.63, 3.8) is 0 Å². The number of hydrogen-bond donors (Lipinski definition) is 1. The van der Waals surface area contributed by atoms with Gasteiger partial charge in [-0.2, -0.15) is 13.2 Å². The summed E-state index contributed by atoms with van der Waals surface area (Å²) in [4.78, 5) is 16.8. The summed E-state index contributed by atoms with van der Waals surface area (Å²) in [5, 5.41) is 2.64. The summed E-state index contributed by atoms with van der Waals surface area (Å²) in [6, 6.07) is 4.14. The fraction of sp³-hybridized carbons (Fsp3) is 0.522. The SMILES string of the molecule is CCCN1CCN(Cc2ccc(NC(=O)CC3=CC=CC(I)C3)cc2C(F)(F)F)CC1. The average Bonchev–Trinajstić information content (AvgIpc) is 2.70. The number of rotatable bonds is 7. The van der Waals surface area contributed by atoms with Gasteiger partial charge in [0.25, 0.3) is 0 Å². The highest BCUT2D eigenvalue weighted by Crippen LogP contribution is 2.35. The second kappa shape index (κ2) is 11.0. The number of alkyl halides is 4. The largest absolute Gasteiger partial charge is 0.416 e. The minimum atomic E-state index is -4.47. The molecular formula is C23H29F3IN3O. The van der Waals surface area contributed by atoms with Gasteiger partial charge >= 0.3 is 6.18 Å². The Morgan fingerprint density at radius 3 is 2.55 bits per heavy atom. The van der Waals surface area contributed by atoms with Crippen LogP contribution in [0, 0.1) is 0 Å². The number of nitrogens with zero attached hydrogens (tertiary/aromatic N) is 2. The van der Waals surface area contributed by atoms with Crippen molar-refractivity contribution in [1.82, 2.24) is 9.80 Å². The molecule has 1 heterocycles. The second-order valence-electron chi connectivity index (χ2n) is 8.14.